The molecule has 2 aromatic carbocycles. The van der Waals surface area contributed by atoms with Crippen molar-refractivity contribution in [2.24, 2.45) is 0 Å². The molecule has 0 atom stereocenters. The van der Waals surface area contributed by atoms with E-state index < -0.39 is 50.4 Å². The first kappa shape index (κ1) is 28.0. The van der Waals surface area contributed by atoms with Crippen LogP contribution in [0, 0.1) is 5.82 Å². The standard InChI is InChI=1S/C23H25F6N3O4S/c1-5-35-19-9-15-11-32(23(30)20(15)21(24)22(19)36-6-2)12-18(34)14-7-16(31(4)13(3)33)10-17(8-14)37(25,26,27,28)29/h7-11H,5-6,12,30H2,1-4H3. The van der Waals surface area contributed by atoms with Crippen LogP contribution in [0.15, 0.2) is 35.4 Å². The molecule has 0 saturated carbocycles. The fourth-order valence-electron chi connectivity index (χ4n) is 3.63. The summed E-state index contributed by atoms with van der Waals surface area (Å²) in [7, 11) is -9.14. The lowest BCUT2D eigenvalue weighted by atomic mass is 10.1. The molecule has 1 aromatic heterocycles. The van der Waals surface area contributed by atoms with Crippen molar-refractivity contribution >= 4 is 44.2 Å². The number of amides is 1. The van der Waals surface area contributed by atoms with Gasteiger partial charge in [-0.2, -0.15) is 0 Å². The highest BCUT2D eigenvalue weighted by molar-refractivity contribution is 8.45. The van der Waals surface area contributed by atoms with Crippen LogP contribution in [0.4, 0.5) is 35.3 Å². The summed E-state index contributed by atoms with van der Waals surface area (Å²) in [4.78, 5) is 23.0. The Morgan fingerprint density at radius 2 is 1.65 bits per heavy atom. The fourth-order valence-corrected chi connectivity index (χ4v) is 4.32. The van der Waals surface area contributed by atoms with Gasteiger partial charge in [0.2, 0.25) is 5.91 Å². The third-order valence-electron chi connectivity index (χ3n) is 5.50. The van der Waals surface area contributed by atoms with Crippen molar-refractivity contribution in [2.45, 2.75) is 32.2 Å². The Balaban J connectivity index is 2.12. The second-order valence-corrected chi connectivity index (χ2v) is 10.6. The predicted molar refractivity (Wildman–Crippen MR) is 130 cm³/mol. The minimum atomic E-state index is -10.2. The number of nitrogens with zero attached hydrogens (tertiary/aromatic N) is 2. The summed E-state index contributed by atoms with van der Waals surface area (Å²) >= 11 is 0. The van der Waals surface area contributed by atoms with Crippen molar-refractivity contribution in [1.82, 2.24) is 4.57 Å². The van der Waals surface area contributed by atoms with E-state index in [1.165, 1.54) is 12.3 Å². The Morgan fingerprint density at radius 3 is 2.19 bits per heavy atom. The largest absolute Gasteiger partial charge is 0.490 e. The van der Waals surface area contributed by atoms with Gasteiger partial charge < -0.3 is 24.7 Å². The molecule has 0 fully saturated rings. The smallest absolute Gasteiger partial charge is 0.310 e. The molecule has 3 aromatic rings. The van der Waals surface area contributed by atoms with Crippen LogP contribution in [0.3, 0.4) is 0 Å². The Morgan fingerprint density at radius 1 is 1.03 bits per heavy atom. The third-order valence-corrected chi connectivity index (χ3v) is 6.63. The number of aromatic nitrogens is 1. The number of carbonyl (C=O) groups excluding carboxylic acids is 2. The molecule has 3 rings (SSSR count). The molecule has 0 aliphatic rings. The SMILES string of the molecule is CCOc1cc2cn(CC(=O)c3cc(N(C)C(C)=O)cc(S(F)(F)(F)(F)F)c3)c(N)c2c(F)c1OCC. The average Bonchev–Trinajstić information content (AvgIpc) is 3.09. The minimum Gasteiger partial charge on any atom is -0.490 e. The second kappa shape index (κ2) is 8.78. The highest BCUT2D eigenvalue weighted by Gasteiger charge is 2.65. The van der Waals surface area contributed by atoms with Crippen LogP contribution in [-0.2, 0) is 11.3 Å². The highest BCUT2D eigenvalue weighted by atomic mass is 32.5. The fraction of sp³-hybridized carbons (Fsp3) is 0.304. The van der Waals surface area contributed by atoms with Crippen LogP contribution in [0.2, 0.25) is 0 Å². The first-order valence-corrected chi connectivity index (χ1v) is 12.9. The van der Waals surface area contributed by atoms with Crippen LogP contribution < -0.4 is 20.1 Å². The van der Waals surface area contributed by atoms with Crippen molar-refractivity contribution in [2.75, 3.05) is 30.9 Å². The van der Waals surface area contributed by atoms with Crippen molar-refractivity contribution in [1.29, 1.82) is 0 Å². The maximum atomic E-state index is 15.2. The van der Waals surface area contributed by atoms with Crippen molar-refractivity contribution in [3.05, 3.63) is 41.8 Å². The summed E-state index contributed by atoms with van der Waals surface area (Å²) in [5.41, 5.74) is 4.75. The topological polar surface area (TPSA) is 86.8 Å². The van der Waals surface area contributed by atoms with Gasteiger partial charge in [-0.3, -0.25) is 9.59 Å². The van der Waals surface area contributed by atoms with Crippen LogP contribution in [0.5, 0.6) is 11.5 Å². The van der Waals surface area contributed by atoms with Crippen LogP contribution in [-0.4, -0.2) is 36.5 Å². The van der Waals surface area contributed by atoms with Crippen LogP contribution in [0.1, 0.15) is 31.1 Å². The van der Waals surface area contributed by atoms with Gasteiger partial charge >= 0.3 is 10.2 Å². The first-order chi connectivity index (χ1) is 16.9. The number of fused-ring (bicyclic) bond motifs is 1. The number of nitrogens with two attached hydrogens (primary N) is 1. The zero-order chi connectivity index (χ0) is 28.0. The van der Waals surface area contributed by atoms with E-state index in [1.807, 2.05) is 0 Å². The van der Waals surface area contributed by atoms with Crippen molar-refractivity contribution in [3.63, 3.8) is 0 Å². The predicted octanol–water partition coefficient (Wildman–Crippen LogP) is 6.68. The lowest BCUT2D eigenvalue weighted by Gasteiger charge is -2.41. The molecule has 0 radical (unpaired) electrons. The zero-order valence-electron chi connectivity index (χ0n) is 20.3. The molecule has 37 heavy (non-hydrogen) atoms. The van der Waals surface area contributed by atoms with Crippen LogP contribution in [0.25, 0.3) is 10.8 Å². The lowest BCUT2D eigenvalue weighted by Crippen LogP contribution is -2.24. The number of Topliss-reactive ketones (excluding diaryl/α,β-unsaturated/α-hetero) is 1. The number of nitrogen functional groups attached to an aromatic ring is 1. The average molecular weight is 554 g/mol. The molecule has 0 saturated heterocycles. The summed E-state index contributed by atoms with van der Waals surface area (Å²) < 4.78 is 95.1. The molecule has 0 spiro atoms. The molecule has 204 valence electrons. The molecule has 0 aliphatic heterocycles. The molecule has 0 aliphatic carbocycles. The molecular formula is C23H25F6N3O4S. The van der Waals surface area contributed by atoms with Crippen LogP contribution >= 0.6 is 10.2 Å². The monoisotopic (exact) mass is 553 g/mol. The number of rotatable bonds is 9. The molecule has 14 heteroatoms. The van der Waals surface area contributed by atoms with E-state index in [-0.39, 0.29) is 53.4 Å². The summed E-state index contributed by atoms with van der Waals surface area (Å²) in [6, 6.07) is 2.45. The van der Waals surface area contributed by atoms with Crippen molar-refractivity contribution in [3.8, 4) is 11.5 Å². The molecule has 2 N–H and O–H groups in total. The number of ether oxygens (including phenoxy) is 2. The number of hydrogen-bond acceptors (Lipinski definition) is 5. The lowest BCUT2D eigenvalue weighted by molar-refractivity contribution is -0.116. The van der Waals surface area contributed by atoms with Gasteiger partial charge in [0.25, 0.3) is 0 Å². The van der Waals surface area contributed by atoms with Gasteiger partial charge in [0, 0.05) is 36.8 Å². The van der Waals surface area contributed by atoms with Crippen molar-refractivity contribution < 1.29 is 42.9 Å². The van der Waals surface area contributed by atoms with E-state index in [9.17, 15) is 29.0 Å². The van der Waals surface area contributed by atoms with E-state index >= 15 is 4.39 Å². The Bertz CT molecular complexity index is 1410. The second-order valence-electron chi connectivity index (χ2n) is 8.18. The number of anilines is 2. The summed E-state index contributed by atoms with van der Waals surface area (Å²) in [5.74, 6) is -3.00. The normalized spacial score (nSPS) is 13.7. The summed E-state index contributed by atoms with van der Waals surface area (Å²) in [6.07, 6.45) is 1.28. The molecule has 0 unspecified atom stereocenters. The van der Waals surface area contributed by atoms with E-state index in [0.717, 1.165) is 24.6 Å². The number of halogens is 6. The van der Waals surface area contributed by atoms with Gasteiger partial charge in [-0.05, 0) is 38.1 Å². The van der Waals surface area contributed by atoms with E-state index in [1.54, 1.807) is 13.8 Å². The molecule has 7 nitrogen and oxygen atoms in total. The number of hydrogen-bond donors (Lipinski definition) is 1. The molecule has 1 amide bonds. The molecule has 0 bridgehead atoms. The summed E-state index contributed by atoms with van der Waals surface area (Å²) in [6.45, 7) is 3.92. The number of benzene rings is 2. The van der Waals surface area contributed by atoms with Gasteiger partial charge in [-0.15, -0.1) is 0 Å². The Hall–Kier alpha value is -3.55. The maximum absolute atomic E-state index is 15.2. The zero-order valence-corrected chi connectivity index (χ0v) is 21.1. The first-order valence-electron chi connectivity index (χ1n) is 10.9. The molecular weight excluding hydrogens is 528 g/mol. The number of ketones is 1. The van der Waals surface area contributed by atoms with Gasteiger partial charge in [-0.1, -0.05) is 19.4 Å². The summed E-state index contributed by atoms with van der Waals surface area (Å²) in [5, 5.41) is 0.102. The third kappa shape index (κ3) is 5.73. The highest BCUT2D eigenvalue weighted by Crippen LogP contribution is 3.02. The molecule has 1 heterocycles. The maximum Gasteiger partial charge on any atom is 0.310 e. The number of carbonyl (C=O) groups is 2. The van der Waals surface area contributed by atoms with Gasteiger partial charge in [-0.25, -0.2) is 4.39 Å². The minimum absolute atomic E-state index is 0.0295. The van der Waals surface area contributed by atoms with Gasteiger partial charge in [0.15, 0.2) is 23.1 Å². The Kier molecular flexibility index (Phi) is 6.65. The van der Waals surface area contributed by atoms with E-state index in [0.29, 0.717) is 4.90 Å². The van der Waals surface area contributed by atoms with Gasteiger partial charge in [0.1, 0.15) is 10.7 Å². The van der Waals surface area contributed by atoms with E-state index in [2.05, 4.69) is 0 Å². The van der Waals surface area contributed by atoms with Gasteiger partial charge in [0.05, 0.1) is 25.1 Å². The Labute approximate surface area is 208 Å². The quantitative estimate of drug-likeness (QED) is 0.236. The van der Waals surface area contributed by atoms with E-state index in [4.69, 9.17) is 15.2 Å².